The lowest BCUT2D eigenvalue weighted by Crippen LogP contribution is -2.24. The van der Waals surface area contributed by atoms with E-state index in [1.54, 1.807) is 0 Å². The highest BCUT2D eigenvalue weighted by Gasteiger charge is 2.19. The molecule has 0 aliphatic heterocycles. The van der Waals surface area contributed by atoms with E-state index < -0.39 is 33.2 Å². The summed E-state index contributed by atoms with van der Waals surface area (Å²) in [6, 6.07) is 7.34. The second-order valence-electron chi connectivity index (χ2n) is 4.42. The summed E-state index contributed by atoms with van der Waals surface area (Å²) in [4.78, 5) is -0.684. The van der Waals surface area contributed by atoms with Gasteiger partial charge in [-0.3, -0.25) is 0 Å². The van der Waals surface area contributed by atoms with Crippen LogP contribution in [0.1, 0.15) is 5.56 Å². The first kappa shape index (κ1) is 17.2. The van der Waals surface area contributed by atoms with Gasteiger partial charge in [-0.25, -0.2) is 21.9 Å². The Bertz CT molecular complexity index is 779. The lowest BCUT2D eigenvalue weighted by molar-refractivity contribution is -0.0498. The van der Waals surface area contributed by atoms with E-state index in [1.165, 1.54) is 24.3 Å². The van der Waals surface area contributed by atoms with Crippen molar-refractivity contribution in [2.24, 2.45) is 0 Å². The molecule has 0 aliphatic rings. The Hall–Kier alpha value is -2.13. The van der Waals surface area contributed by atoms with Crippen LogP contribution in [0.25, 0.3) is 0 Å². The van der Waals surface area contributed by atoms with E-state index in [2.05, 4.69) is 9.46 Å². The predicted octanol–water partition coefficient (Wildman–Crippen LogP) is 3.04. The summed E-state index contributed by atoms with van der Waals surface area (Å²) < 4.78 is 80.5. The molecule has 9 heteroatoms. The van der Waals surface area contributed by atoms with Crippen LogP contribution in [0.15, 0.2) is 47.4 Å². The van der Waals surface area contributed by atoms with Gasteiger partial charge < -0.3 is 4.74 Å². The molecule has 0 saturated heterocycles. The van der Waals surface area contributed by atoms with Crippen molar-refractivity contribution in [3.05, 3.63) is 59.7 Å². The quantitative estimate of drug-likeness (QED) is 0.816. The molecule has 0 aromatic heterocycles. The molecule has 2 aromatic rings. The van der Waals surface area contributed by atoms with Gasteiger partial charge >= 0.3 is 6.61 Å². The number of halogens is 4. The Morgan fingerprint density at radius 1 is 1.04 bits per heavy atom. The standard InChI is InChI=1S/C14H11F4NO3S/c15-10-3-6-13(12(16)7-10)23(20,21)19-8-9-1-4-11(5-2-9)22-14(17)18/h1-7,14,19H,8H2. The second-order valence-corrected chi connectivity index (χ2v) is 6.16. The maximum absolute atomic E-state index is 13.5. The van der Waals surface area contributed by atoms with Crippen LogP contribution in [0.5, 0.6) is 5.75 Å². The molecule has 4 nitrogen and oxygen atoms in total. The molecule has 0 bridgehead atoms. The zero-order chi connectivity index (χ0) is 17.0. The van der Waals surface area contributed by atoms with Gasteiger partial charge in [-0.05, 0) is 29.8 Å². The van der Waals surface area contributed by atoms with Crippen molar-refractivity contribution in [2.45, 2.75) is 18.1 Å². The van der Waals surface area contributed by atoms with E-state index in [1.807, 2.05) is 0 Å². The number of hydrogen-bond acceptors (Lipinski definition) is 3. The molecule has 0 spiro atoms. The summed E-state index contributed by atoms with van der Waals surface area (Å²) in [5, 5.41) is 0. The van der Waals surface area contributed by atoms with Gasteiger partial charge in [-0.15, -0.1) is 0 Å². The Morgan fingerprint density at radius 2 is 1.70 bits per heavy atom. The van der Waals surface area contributed by atoms with Crippen LogP contribution in [-0.2, 0) is 16.6 Å². The lowest BCUT2D eigenvalue weighted by Gasteiger charge is -2.09. The number of hydrogen-bond donors (Lipinski definition) is 1. The summed E-state index contributed by atoms with van der Waals surface area (Å²) >= 11 is 0. The predicted molar refractivity (Wildman–Crippen MR) is 73.5 cm³/mol. The Balaban J connectivity index is 2.07. The topological polar surface area (TPSA) is 55.4 Å². The average molecular weight is 349 g/mol. The summed E-state index contributed by atoms with van der Waals surface area (Å²) in [5.41, 5.74) is 0.442. The molecule has 1 N–H and O–H groups in total. The van der Waals surface area contributed by atoms with Gasteiger partial charge in [-0.1, -0.05) is 12.1 Å². The van der Waals surface area contributed by atoms with Gasteiger partial charge in [0.1, 0.15) is 22.3 Å². The van der Waals surface area contributed by atoms with E-state index in [0.29, 0.717) is 11.6 Å². The van der Waals surface area contributed by atoms with Crippen molar-refractivity contribution in [1.82, 2.24) is 4.72 Å². The molecular formula is C14H11F4NO3S. The number of nitrogens with one attached hydrogen (secondary N) is 1. The van der Waals surface area contributed by atoms with Crippen molar-refractivity contribution in [3.8, 4) is 5.75 Å². The van der Waals surface area contributed by atoms with Crippen molar-refractivity contribution >= 4 is 10.0 Å². The Morgan fingerprint density at radius 3 is 2.26 bits per heavy atom. The molecule has 0 saturated carbocycles. The number of alkyl halides is 2. The summed E-state index contributed by atoms with van der Waals surface area (Å²) in [7, 11) is -4.18. The highest BCUT2D eigenvalue weighted by molar-refractivity contribution is 7.89. The summed E-state index contributed by atoms with van der Waals surface area (Å²) in [6.45, 7) is -3.16. The largest absolute Gasteiger partial charge is 0.435 e. The van der Waals surface area contributed by atoms with Gasteiger partial charge in [0, 0.05) is 12.6 Å². The van der Waals surface area contributed by atoms with E-state index in [4.69, 9.17) is 0 Å². The number of rotatable bonds is 6. The zero-order valence-electron chi connectivity index (χ0n) is 11.5. The molecular weight excluding hydrogens is 338 g/mol. The zero-order valence-corrected chi connectivity index (χ0v) is 12.3. The maximum Gasteiger partial charge on any atom is 0.387 e. The SMILES string of the molecule is O=S(=O)(NCc1ccc(OC(F)F)cc1)c1ccc(F)cc1F. The van der Waals surface area contributed by atoms with Crippen LogP contribution in [0.2, 0.25) is 0 Å². The Kier molecular flexibility index (Phi) is 5.22. The summed E-state index contributed by atoms with van der Waals surface area (Å²) in [6.07, 6.45) is 0. The first-order valence-electron chi connectivity index (χ1n) is 6.26. The minimum absolute atomic E-state index is 0.0730. The van der Waals surface area contributed by atoms with Crippen molar-refractivity contribution in [3.63, 3.8) is 0 Å². The van der Waals surface area contributed by atoms with Crippen LogP contribution in [0, 0.1) is 11.6 Å². The fourth-order valence-corrected chi connectivity index (χ4v) is 2.81. The molecule has 124 valence electrons. The van der Waals surface area contributed by atoms with E-state index in [9.17, 15) is 26.0 Å². The molecule has 2 aromatic carbocycles. The molecule has 2 rings (SSSR count). The van der Waals surface area contributed by atoms with Crippen LogP contribution < -0.4 is 9.46 Å². The van der Waals surface area contributed by atoms with Crippen molar-refractivity contribution in [2.75, 3.05) is 0 Å². The molecule has 0 aliphatic carbocycles. The van der Waals surface area contributed by atoms with Gasteiger partial charge in [0.25, 0.3) is 0 Å². The molecule has 0 amide bonds. The van der Waals surface area contributed by atoms with Gasteiger partial charge in [-0.2, -0.15) is 8.78 Å². The minimum atomic E-state index is -4.18. The molecule has 0 unspecified atom stereocenters. The number of sulfonamides is 1. The fourth-order valence-electron chi connectivity index (χ4n) is 1.74. The van der Waals surface area contributed by atoms with Gasteiger partial charge in [0.05, 0.1) is 0 Å². The number of ether oxygens (including phenoxy) is 1. The monoisotopic (exact) mass is 349 g/mol. The van der Waals surface area contributed by atoms with Crippen LogP contribution in [0.3, 0.4) is 0 Å². The second kappa shape index (κ2) is 6.97. The van der Waals surface area contributed by atoms with Crippen LogP contribution in [-0.4, -0.2) is 15.0 Å². The molecule has 23 heavy (non-hydrogen) atoms. The Labute approximate surface area is 129 Å². The maximum atomic E-state index is 13.5. The summed E-state index contributed by atoms with van der Waals surface area (Å²) in [5.74, 6) is -2.18. The highest BCUT2D eigenvalue weighted by Crippen LogP contribution is 2.17. The third-order valence-corrected chi connectivity index (χ3v) is 4.23. The smallest absolute Gasteiger partial charge is 0.387 e. The van der Waals surface area contributed by atoms with E-state index in [0.717, 1.165) is 12.1 Å². The van der Waals surface area contributed by atoms with Crippen LogP contribution >= 0.6 is 0 Å². The third-order valence-electron chi connectivity index (χ3n) is 2.80. The first-order chi connectivity index (χ1) is 10.8. The minimum Gasteiger partial charge on any atom is -0.435 e. The fraction of sp³-hybridized carbons (Fsp3) is 0.143. The molecule has 0 radical (unpaired) electrons. The van der Waals surface area contributed by atoms with Crippen molar-refractivity contribution < 1.29 is 30.7 Å². The highest BCUT2D eigenvalue weighted by atomic mass is 32.2. The molecule has 0 heterocycles. The van der Waals surface area contributed by atoms with Gasteiger partial charge in [0.15, 0.2) is 0 Å². The number of benzene rings is 2. The van der Waals surface area contributed by atoms with Crippen molar-refractivity contribution in [1.29, 1.82) is 0 Å². The normalized spacial score (nSPS) is 11.7. The molecule has 0 atom stereocenters. The average Bonchev–Trinajstić information content (AvgIpc) is 2.45. The van der Waals surface area contributed by atoms with Crippen LogP contribution in [0.4, 0.5) is 17.6 Å². The van der Waals surface area contributed by atoms with E-state index in [-0.39, 0.29) is 12.3 Å². The van der Waals surface area contributed by atoms with E-state index >= 15 is 0 Å². The first-order valence-corrected chi connectivity index (χ1v) is 7.75. The lowest BCUT2D eigenvalue weighted by atomic mass is 10.2. The third kappa shape index (κ3) is 4.67. The van der Waals surface area contributed by atoms with Gasteiger partial charge in [0.2, 0.25) is 10.0 Å². The molecule has 0 fully saturated rings.